The van der Waals surface area contributed by atoms with Gasteiger partial charge in [-0.2, -0.15) is 0 Å². The molecule has 0 heterocycles. The highest BCUT2D eigenvalue weighted by Gasteiger charge is 2.13. The molecular weight excluding hydrogens is 508 g/mol. The Morgan fingerprint density at radius 2 is 0.902 bits per heavy atom. The lowest BCUT2D eigenvalue weighted by molar-refractivity contribution is -0.150. The largest absolute Gasteiger partial charge is 0.481 e. The SMILES string of the molecule is CCCCCCCC/C=C\CCCCCCCCCCCC(=O)OC(CCCC)CCCCCCCCCC(=O)O. The van der Waals surface area contributed by atoms with Crippen LogP contribution in [0.25, 0.3) is 0 Å². The molecule has 0 aliphatic rings. The first-order valence-electron chi connectivity index (χ1n) is 18.2. The number of esters is 1. The number of aliphatic carboxylic acids is 1. The van der Waals surface area contributed by atoms with Crippen LogP contribution < -0.4 is 0 Å². The van der Waals surface area contributed by atoms with Gasteiger partial charge in [0.25, 0.3) is 0 Å². The van der Waals surface area contributed by atoms with Crippen LogP contribution in [0.5, 0.6) is 0 Å². The molecule has 1 N–H and O–H groups in total. The minimum absolute atomic E-state index is 0.00515. The summed E-state index contributed by atoms with van der Waals surface area (Å²) in [6.07, 6.45) is 39.8. The van der Waals surface area contributed by atoms with Crippen molar-refractivity contribution in [1.82, 2.24) is 0 Å². The molecular formula is C37H70O4. The Labute approximate surface area is 255 Å². The number of carbonyl (C=O) groups is 2. The summed E-state index contributed by atoms with van der Waals surface area (Å²) in [4.78, 5) is 23.0. The van der Waals surface area contributed by atoms with Crippen molar-refractivity contribution < 1.29 is 19.4 Å². The van der Waals surface area contributed by atoms with Crippen molar-refractivity contribution in [2.24, 2.45) is 0 Å². The van der Waals surface area contributed by atoms with E-state index in [4.69, 9.17) is 9.84 Å². The van der Waals surface area contributed by atoms with Gasteiger partial charge >= 0.3 is 11.9 Å². The minimum atomic E-state index is -0.689. The Hall–Kier alpha value is -1.32. The third kappa shape index (κ3) is 33.1. The summed E-state index contributed by atoms with van der Waals surface area (Å²) < 4.78 is 5.87. The molecule has 0 aromatic carbocycles. The summed E-state index contributed by atoms with van der Waals surface area (Å²) in [5, 5.41) is 8.69. The maximum Gasteiger partial charge on any atom is 0.306 e. The second-order valence-corrected chi connectivity index (χ2v) is 12.4. The van der Waals surface area contributed by atoms with Gasteiger partial charge in [-0.25, -0.2) is 0 Å². The fourth-order valence-corrected chi connectivity index (χ4v) is 5.52. The van der Waals surface area contributed by atoms with Crippen LogP contribution >= 0.6 is 0 Å². The predicted molar refractivity (Wildman–Crippen MR) is 177 cm³/mol. The molecule has 0 spiro atoms. The van der Waals surface area contributed by atoms with E-state index in [0.29, 0.717) is 12.8 Å². The topological polar surface area (TPSA) is 63.6 Å². The predicted octanol–water partition coefficient (Wildman–Crippen LogP) is 12.3. The monoisotopic (exact) mass is 579 g/mol. The molecule has 0 aliphatic heterocycles. The number of carbonyl (C=O) groups excluding carboxylic acids is 1. The zero-order valence-corrected chi connectivity index (χ0v) is 27.6. The van der Waals surface area contributed by atoms with E-state index in [1.165, 1.54) is 116 Å². The fraction of sp³-hybridized carbons (Fsp3) is 0.892. The third-order valence-electron chi connectivity index (χ3n) is 8.24. The first-order valence-corrected chi connectivity index (χ1v) is 18.2. The van der Waals surface area contributed by atoms with Gasteiger partial charge < -0.3 is 9.84 Å². The molecule has 1 unspecified atom stereocenters. The van der Waals surface area contributed by atoms with Crippen LogP contribution in [0.15, 0.2) is 12.2 Å². The van der Waals surface area contributed by atoms with Crippen molar-refractivity contribution in [3.8, 4) is 0 Å². The minimum Gasteiger partial charge on any atom is -0.481 e. The number of hydrogen-bond acceptors (Lipinski definition) is 3. The molecule has 0 bridgehead atoms. The van der Waals surface area contributed by atoms with Gasteiger partial charge in [-0.05, 0) is 57.8 Å². The van der Waals surface area contributed by atoms with Crippen LogP contribution in [0.2, 0.25) is 0 Å². The Kier molecular flexibility index (Phi) is 32.1. The van der Waals surface area contributed by atoms with E-state index in [1.807, 2.05) is 0 Å². The number of allylic oxidation sites excluding steroid dienone is 2. The molecule has 0 radical (unpaired) electrons. The number of rotatable bonds is 33. The number of carboxylic acids is 1. The molecule has 0 amide bonds. The van der Waals surface area contributed by atoms with Gasteiger partial charge in [-0.1, -0.05) is 148 Å². The second-order valence-electron chi connectivity index (χ2n) is 12.4. The Bertz CT molecular complexity index is 585. The zero-order chi connectivity index (χ0) is 30.1. The Morgan fingerprint density at radius 1 is 0.512 bits per heavy atom. The summed E-state index contributed by atoms with van der Waals surface area (Å²) >= 11 is 0. The number of unbranched alkanes of at least 4 members (excludes halogenated alkanes) is 22. The van der Waals surface area contributed by atoms with Crippen LogP contribution in [0, 0.1) is 0 Å². The third-order valence-corrected chi connectivity index (χ3v) is 8.24. The molecule has 0 aromatic rings. The summed E-state index contributed by atoms with van der Waals surface area (Å²) in [5.74, 6) is -0.683. The highest BCUT2D eigenvalue weighted by atomic mass is 16.5. The Balaban J connectivity index is 3.59. The normalized spacial score (nSPS) is 12.2. The lowest BCUT2D eigenvalue weighted by Crippen LogP contribution is -2.18. The smallest absolute Gasteiger partial charge is 0.306 e. The Morgan fingerprint density at radius 3 is 1.39 bits per heavy atom. The van der Waals surface area contributed by atoms with E-state index in [0.717, 1.165) is 64.2 Å². The summed E-state index contributed by atoms with van der Waals surface area (Å²) in [5.41, 5.74) is 0. The van der Waals surface area contributed by atoms with E-state index in [-0.39, 0.29) is 12.1 Å². The second kappa shape index (κ2) is 33.2. The van der Waals surface area contributed by atoms with Gasteiger partial charge in [0.15, 0.2) is 0 Å². The van der Waals surface area contributed by atoms with Gasteiger partial charge in [0.2, 0.25) is 0 Å². The van der Waals surface area contributed by atoms with Crippen LogP contribution in [-0.4, -0.2) is 23.1 Å². The molecule has 0 saturated heterocycles. The van der Waals surface area contributed by atoms with Crippen molar-refractivity contribution in [2.75, 3.05) is 0 Å². The molecule has 242 valence electrons. The molecule has 1 atom stereocenters. The summed E-state index contributed by atoms with van der Waals surface area (Å²) in [6.45, 7) is 4.47. The van der Waals surface area contributed by atoms with Crippen molar-refractivity contribution in [2.45, 2.75) is 213 Å². The molecule has 4 nitrogen and oxygen atoms in total. The van der Waals surface area contributed by atoms with E-state index in [2.05, 4.69) is 26.0 Å². The number of ether oxygens (including phenoxy) is 1. The van der Waals surface area contributed by atoms with E-state index < -0.39 is 5.97 Å². The first kappa shape index (κ1) is 39.7. The highest BCUT2D eigenvalue weighted by molar-refractivity contribution is 5.69. The van der Waals surface area contributed by atoms with Gasteiger partial charge in [-0.15, -0.1) is 0 Å². The summed E-state index contributed by atoms with van der Waals surface area (Å²) in [6, 6.07) is 0. The van der Waals surface area contributed by atoms with Crippen molar-refractivity contribution in [3.05, 3.63) is 12.2 Å². The lowest BCUT2D eigenvalue weighted by atomic mass is 10.0. The quantitative estimate of drug-likeness (QED) is 0.0478. The maximum atomic E-state index is 12.4. The zero-order valence-electron chi connectivity index (χ0n) is 27.6. The van der Waals surface area contributed by atoms with Crippen LogP contribution in [-0.2, 0) is 14.3 Å². The molecule has 4 heteroatoms. The highest BCUT2D eigenvalue weighted by Crippen LogP contribution is 2.18. The van der Waals surface area contributed by atoms with E-state index in [1.54, 1.807) is 0 Å². The standard InChI is InChI=1S/C37H70O4/c1-3-5-7-8-9-10-11-12-13-14-15-16-17-18-19-20-24-27-30-34-37(40)41-35(31-6-4-2)32-28-25-22-21-23-26-29-33-36(38)39/h12-13,35H,3-11,14-34H2,1-2H3,(H,38,39)/b13-12-. The fourth-order valence-electron chi connectivity index (χ4n) is 5.52. The van der Waals surface area contributed by atoms with Gasteiger partial charge in [-0.3, -0.25) is 9.59 Å². The molecule has 0 aliphatic carbocycles. The van der Waals surface area contributed by atoms with E-state index >= 15 is 0 Å². The molecule has 41 heavy (non-hydrogen) atoms. The lowest BCUT2D eigenvalue weighted by Gasteiger charge is -2.18. The molecule has 0 aromatic heterocycles. The maximum absolute atomic E-state index is 12.4. The van der Waals surface area contributed by atoms with Gasteiger partial charge in [0.05, 0.1) is 0 Å². The summed E-state index contributed by atoms with van der Waals surface area (Å²) in [7, 11) is 0. The molecule has 0 fully saturated rings. The van der Waals surface area contributed by atoms with Crippen molar-refractivity contribution in [3.63, 3.8) is 0 Å². The van der Waals surface area contributed by atoms with Gasteiger partial charge in [0, 0.05) is 12.8 Å². The number of carboxylic acid groups (broad SMARTS) is 1. The average molecular weight is 579 g/mol. The first-order chi connectivity index (χ1) is 20.1. The van der Waals surface area contributed by atoms with E-state index in [9.17, 15) is 9.59 Å². The van der Waals surface area contributed by atoms with Crippen molar-refractivity contribution in [1.29, 1.82) is 0 Å². The van der Waals surface area contributed by atoms with Crippen LogP contribution in [0.3, 0.4) is 0 Å². The van der Waals surface area contributed by atoms with Crippen molar-refractivity contribution >= 4 is 11.9 Å². The van der Waals surface area contributed by atoms with Crippen LogP contribution in [0.1, 0.15) is 206 Å². The molecule has 0 rings (SSSR count). The van der Waals surface area contributed by atoms with Gasteiger partial charge in [0.1, 0.15) is 6.10 Å². The average Bonchev–Trinajstić information content (AvgIpc) is 2.95. The molecule has 0 saturated carbocycles. The number of hydrogen-bond donors (Lipinski definition) is 1. The van der Waals surface area contributed by atoms with Crippen LogP contribution in [0.4, 0.5) is 0 Å².